The molecule has 0 spiro atoms. The molecule has 1 rings (SSSR count). The normalized spacial score (nSPS) is 10.0. The minimum atomic E-state index is -0.568. The Morgan fingerprint density at radius 1 is 1.26 bits per heavy atom. The molecule has 0 heterocycles. The summed E-state index contributed by atoms with van der Waals surface area (Å²) in [6.45, 7) is 4.46. The number of esters is 1. The number of nitro benzene ring substituents is 1. The van der Waals surface area contributed by atoms with E-state index in [-0.39, 0.29) is 17.0 Å². The van der Waals surface area contributed by atoms with Gasteiger partial charge in [0, 0.05) is 6.07 Å². The van der Waals surface area contributed by atoms with Crippen molar-refractivity contribution in [3.8, 4) is 5.75 Å². The van der Waals surface area contributed by atoms with E-state index in [0.29, 0.717) is 19.6 Å². The number of nitro groups is 1. The molecular weight excluding hydrogens is 250 g/mol. The molecule has 6 nitrogen and oxygen atoms in total. The van der Waals surface area contributed by atoms with Crippen molar-refractivity contribution in [2.75, 3.05) is 13.2 Å². The third-order valence-electron chi connectivity index (χ3n) is 2.29. The maximum atomic E-state index is 11.6. The van der Waals surface area contributed by atoms with Crippen LogP contribution in [0.4, 0.5) is 5.69 Å². The van der Waals surface area contributed by atoms with Gasteiger partial charge in [-0.3, -0.25) is 10.1 Å². The molecule has 0 amide bonds. The van der Waals surface area contributed by atoms with Crippen LogP contribution in [0.3, 0.4) is 0 Å². The van der Waals surface area contributed by atoms with E-state index in [2.05, 4.69) is 0 Å². The first-order valence-electron chi connectivity index (χ1n) is 6.18. The lowest BCUT2D eigenvalue weighted by molar-refractivity contribution is -0.385. The van der Waals surface area contributed by atoms with Gasteiger partial charge in [-0.25, -0.2) is 4.79 Å². The Bertz CT molecular complexity index is 458. The zero-order chi connectivity index (χ0) is 14.3. The molecule has 0 aromatic heterocycles. The Morgan fingerprint density at radius 3 is 2.53 bits per heavy atom. The number of benzene rings is 1. The number of carbonyl (C=O) groups excluding carboxylic acids is 1. The fourth-order valence-electron chi connectivity index (χ4n) is 1.40. The van der Waals surface area contributed by atoms with Gasteiger partial charge in [-0.05, 0) is 25.0 Å². The van der Waals surface area contributed by atoms with Gasteiger partial charge >= 0.3 is 11.7 Å². The van der Waals surface area contributed by atoms with Gasteiger partial charge in [-0.15, -0.1) is 0 Å². The van der Waals surface area contributed by atoms with Crippen LogP contribution in [0.1, 0.15) is 37.0 Å². The SMILES string of the molecule is CCCOC(=O)c1ccc(OCCC)c([N+](=O)[O-])c1. The largest absolute Gasteiger partial charge is 0.487 e. The summed E-state index contributed by atoms with van der Waals surface area (Å²) < 4.78 is 10.2. The number of carbonyl (C=O) groups is 1. The van der Waals surface area contributed by atoms with Crippen molar-refractivity contribution < 1.29 is 19.2 Å². The summed E-state index contributed by atoms with van der Waals surface area (Å²) in [5.74, 6) is -0.397. The molecule has 0 aliphatic heterocycles. The summed E-state index contributed by atoms with van der Waals surface area (Å²) in [5, 5.41) is 10.9. The molecule has 0 fully saturated rings. The van der Waals surface area contributed by atoms with E-state index < -0.39 is 10.9 Å². The van der Waals surface area contributed by atoms with Gasteiger partial charge in [0.1, 0.15) is 0 Å². The van der Waals surface area contributed by atoms with Gasteiger partial charge in [-0.1, -0.05) is 13.8 Å². The van der Waals surface area contributed by atoms with Crippen molar-refractivity contribution in [1.29, 1.82) is 0 Å². The van der Waals surface area contributed by atoms with E-state index in [1.165, 1.54) is 18.2 Å². The quantitative estimate of drug-likeness (QED) is 0.431. The number of hydrogen-bond donors (Lipinski definition) is 0. The van der Waals surface area contributed by atoms with Crippen molar-refractivity contribution in [2.45, 2.75) is 26.7 Å². The maximum Gasteiger partial charge on any atom is 0.338 e. The van der Waals surface area contributed by atoms with Crippen molar-refractivity contribution in [2.24, 2.45) is 0 Å². The van der Waals surface area contributed by atoms with Crippen LogP contribution >= 0.6 is 0 Å². The summed E-state index contributed by atoms with van der Waals surface area (Å²) in [4.78, 5) is 22.0. The molecule has 19 heavy (non-hydrogen) atoms. The summed E-state index contributed by atoms with van der Waals surface area (Å²) in [5.41, 5.74) is -0.0663. The second kappa shape index (κ2) is 7.35. The first-order chi connectivity index (χ1) is 9.10. The molecule has 0 atom stereocenters. The van der Waals surface area contributed by atoms with Crippen LogP contribution in [0.15, 0.2) is 18.2 Å². The standard InChI is InChI=1S/C13H17NO5/c1-3-7-18-12-6-5-10(9-11(12)14(16)17)13(15)19-8-4-2/h5-6,9H,3-4,7-8H2,1-2H3. The highest BCUT2D eigenvalue weighted by atomic mass is 16.6. The Morgan fingerprint density at radius 2 is 1.95 bits per heavy atom. The molecule has 104 valence electrons. The molecule has 0 aliphatic rings. The Kier molecular flexibility index (Phi) is 5.78. The summed E-state index contributed by atoms with van der Waals surface area (Å²) in [6, 6.07) is 4.08. The predicted molar refractivity (Wildman–Crippen MR) is 69.5 cm³/mol. The van der Waals surface area contributed by atoms with Gasteiger partial charge in [0.2, 0.25) is 0 Å². The molecule has 0 unspecified atom stereocenters. The first-order valence-corrected chi connectivity index (χ1v) is 6.18. The molecule has 0 bridgehead atoms. The summed E-state index contributed by atoms with van der Waals surface area (Å²) in [6.07, 6.45) is 1.45. The maximum absolute atomic E-state index is 11.6. The molecule has 0 radical (unpaired) electrons. The molecule has 0 saturated carbocycles. The van der Waals surface area contributed by atoms with Gasteiger partial charge in [0.15, 0.2) is 5.75 Å². The Hall–Kier alpha value is -2.11. The lowest BCUT2D eigenvalue weighted by Gasteiger charge is -2.07. The number of ether oxygens (including phenoxy) is 2. The smallest absolute Gasteiger partial charge is 0.338 e. The van der Waals surface area contributed by atoms with Gasteiger partial charge in [0.25, 0.3) is 0 Å². The molecule has 6 heteroatoms. The molecule has 1 aromatic rings. The minimum Gasteiger partial charge on any atom is -0.487 e. The van der Waals surface area contributed by atoms with Crippen molar-refractivity contribution >= 4 is 11.7 Å². The summed E-state index contributed by atoms with van der Waals surface area (Å²) >= 11 is 0. The van der Waals surface area contributed by atoms with Crippen LogP contribution in [0.5, 0.6) is 5.75 Å². The number of rotatable bonds is 7. The van der Waals surface area contributed by atoms with E-state index >= 15 is 0 Å². The third kappa shape index (κ3) is 4.24. The minimum absolute atomic E-state index is 0.156. The molecular formula is C13H17NO5. The monoisotopic (exact) mass is 267 g/mol. The van der Waals surface area contributed by atoms with Gasteiger partial charge in [0.05, 0.1) is 23.7 Å². The molecule has 0 N–H and O–H groups in total. The highest BCUT2D eigenvalue weighted by molar-refractivity contribution is 5.90. The van der Waals surface area contributed by atoms with E-state index in [9.17, 15) is 14.9 Å². The fraction of sp³-hybridized carbons (Fsp3) is 0.462. The highest BCUT2D eigenvalue weighted by Gasteiger charge is 2.19. The van der Waals surface area contributed by atoms with Crippen LogP contribution in [-0.4, -0.2) is 24.1 Å². The lowest BCUT2D eigenvalue weighted by Crippen LogP contribution is -2.07. The van der Waals surface area contributed by atoms with Crippen LogP contribution < -0.4 is 4.74 Å². The predicted octanol–water partition coefficient (Wildman–Crippen LogP) is 2.95. The number of nitrogens with zero attached hydrogens (tertiary/aromatic N) is 1. The van der Waals surface area contributed by atoms with Gasteiger partial charge in [-0.2, -0.15) is 0 Å². The van der Waals surface area contributed by atoms with Crippen LogP contribution in [0.25, 0.3) is 0 Å². The third-order valence-corrected chi connectivity index (χ3v) is 2.29. The Balaban J connectivity index is 2.95. The zero-order valence-electron chi connectivity index (χ0n) is 11.0. The van der Waals surface area contributed by atoms with E-state index in [1.807, 2.05) is 13.8 Å². The van der Waals surface area contributed by atoms with Crippen LogP contribution in [0.2, 0.25) is 0 Å². The molecule has 0 aliphatic carbocycles. The second-order valence-electron chi connectivity index (χ2n) is 3.92. The van der Waals surface area contributed by atoms with E-state index in [1.54, 1.807) is 0 Å². The molecule has 0 saturated heterocycles. The fourth-order valence-corrected chi connectivity index (χ4v) is 1.40. The van der Waals surface area contributed by atoms with Gasteiger partial charge < -0.3 is 9.47 Å². The Labute approximate surface area is 111 Å². The topological polar surface area (TPSA) is 78.7 Å². The van der Waals surface area contributed by atoms with E-state index in [0.717, 1.165) is 6.42 Å². The molecule has 1 aromatic carbocycles. The van der Waals surface area contributed by atoms with E-state index in [4.69, 9.17) is 9.47 Å². The zero-order valence-corrected chi connectivity index (χ0v) is 11.0. The highest BCUT2D eigenvalue weighted by Crippen LogP contribution is 2.28. The van der Waals surface area contributed by atoms with Crippen LogP contribution in [0, 0.1) is 10.1 Å². The lowest BCUT2D eigenvalue weighted by atomic mass is 10.2. The number of hydrogen-bond acceptors (Lipinski definition) is 5. The van der Waals surface area contributed by atoms with Crippen molar-refractivity contribution in [3.05, 3.63) is 33.9 Å². The second-order valence-corrected chi connectivity index (χ2v) is 3.92. The average molecular weight is 267 g/mol. The van der Waals surface area contributed by atoms with Crippen molar-refractivity contribution in [1.82, 2.24) is 0 Å². The summed E-state index contributed by atoms with van der Waals surface area (Å²) in [7, 11) is 0. The van der Waals surface area contributed by atoms with Crippen LogP contribution in [-0.2, 0) is 4.74 Å². The first kappa shape index (κ1) is 14.9. The van der Waals surface area contributed by atoms with Crippen molar-refractivity contribution in [3.63, 3.8) is 0 Å². The average Bonchev–Trinajstić information content (AvgIpc) is 2.42.